The summed E-state index contributed by atoms with van der Waals surface area (Å²) in [6.07, 6.45) is 1.96. The third-order valence-corrected chi connectivity index (χ3v) is 11.6. The van der Waals surface area contributed by atoms with Gasteiger partial charge in [0.25, 0.3) is 0 Å². The van der Waals surface area contributed by atoms with Crippen LogP contribution >= 0.6 is 17.2 Å². The molecule has 0 amide bonds. The van der Waals surface area contributed by atoms with Crippen LogP contribution in [0.4, 0.5) is 17.1 Å². The molecule has 4 aromatic rings. The first kappa shape index (κ1) is 22.2. The summed E-state index contributed by atoms with van der Waals surface area (Å²) in [5.41, 5.74) is 3.20. The van der Waals surface area contributed by atoms with E-state index in [1.807, 2.05) is 60.7 Å². The maximum absolute atomic E-state index is 7.92. The molecule has 0 aliphatic carbocycles. The molecule has 4 rings (SSSR count). The second kappa shape index (κ2) is 10.1. The van der Waals surface area contributed by atoms with Crippen LogP contribution in [0, 0.1) is 0 Å². The van der Waals surface area contributed by atoms with Crippen LogP contribution in [0.25, 0.3) is 0 Å². The SMILES string of the molecule is ClP(CNc1ccccc1)(CNc1ccccc1)(CNc1ccccc1)c1ccccc1. The van der Waals surface area contributed by atoms with Crippen LogP contribution in [0.15, 0.2) is 121 Å². The Morgan fingerprint density at radius 1 is 0.438 bits per heavy atom. The van der Waals surface area contributed by atoms with Gasteiger partial charge in [0.05, 0.1) is 0 Å². The van der Waals surface area contributed by atoms with E-state index in [4.69, 9.17) is 11.2 Å². The fourth-order valence-corrected chi connectivity index (χ4v) is 8.04. The molecule has 0 aliphatic rings. The number of nitrogens with one attached hydrogen (secondary N) is 3. The predicted molar refractivity (Wildman–Crippen MR) is 144 cm³/mol. The Morgan fingerprint density at radius 2 is 0.719 bits per heavy atom. The van der Waals surface area contributed by atoms with E-state index < -0.39 is 5.96 Å². The Bertz CT molecular complexity index is 984. The van der Waals surface area contributed by atoms with Gasteiger partial charge in [-0.3, -0.25) is 0 Å². The summed E-state index contributed by atoms with van der Waals surface area (Å²) in [5.74, 6) is -3.09. The van der Waals surface area contributed by atoms with Gasteiger partial charge in [-0.05, 0) is 0 Å². The normalized spacial score (nSPS) is 12.3. The van der Waals surface area contributed by atoms with E-state index in [0.717, 1.165) is 17.1 Å². The summed E-state index contributed by atoms with van der Waals surface area (Å²) in [6.45, 7) is 0. The van der Waals surface area contributed by atoms with Crippen LogP contribution in [0.5, 0.6) is 0 Å². The quantitative estimate of drug-likeness (QED) is 0.218. The fraction of sp³-hybridized carbons (Fsp3) is 0.111. The van der Waals surface area contributed by atoms with E-state index in [-0.39, 0.29) is 0 Å². The average Bonchev–Trinajstić information content (AvgIpc) is 2.88. The van der Waals surface area contributed by atoms with Crippen molar-refractivity contribution in [2.45, 2.75) is 0 Å². The van der Waals surface area contributed by atoms with Gasteiger partial charge in [0.15, 0.2) is 0 Å². The van der Waals surface area contributed by atoms with Gasteiger partial charge in [-0.25, -0.2) is 0 Å². The van der Waals surface area contributed by atoms with Crippen molar-refractivity contribution >= 4 is 39.6 Å². The third-order valence-electron chi connectivity index (χ3n) is 5.66. The van der Waals surface area contributed by atoms with Crippen LogP contribution in [0.3, 0.4) is 0 Å². The summed E-state index contributed by atoms with van der Waals surface area (Å²) in [6, 6.07) is 41.3. The van der Waals surface area contributed by atoms with Gasteiger partial charge in [-0.2, -0.15) is 0 Å². The first-order valence-corrected chi connectivity index (χ1v) is 14.5. The molecular weight excluding hydrogens is 433 g/mol. The monoisotopic (exact) mass is 461 g/mol. The van der Waals surface area contributed by atoms with Crippen molar-refractivity contribution in [2.75, 3.05) is 34.8 Å². The Morgan fingerprint density at radius 3 is 1.03 bits per heavy atom. The van der Waals surface area contributed by atoms with Gasteiger partial charge in [0.1, 0.15) is 0 Å². The van der Waals surface area contributed by atoms with Crippen molar-refractivity contribution in [3.63, 3.8) is 0 Å². The molecule has 3 nitrogen and oxygen atoms in total. The number of rotatable bonds is 10. The molecule has 0 saturated carbocycles. The molecule has 164 valence electrons. The summed E-state index contributed by atoms with van der Waals surface area (Å²) in [5, 5.41) is 12.1. The predicted octanol–water partition coefficient (Wildman–Crippen LogP) is 7.23. The minimum absolute atomic E-state index is 0.654. The molecule has 0 atom stereocenters. The zero-order valence-corrected chi connectivity index (χ0v) is 19.6. The fourth-order valence-electron chi connectivity index (χ4n) is 3.73. The van der Waals surface area contributed by atoms with Crippen molar-refractivity contribution in [1.29, 1.82) is 0 Å². The first-order chi connectivity index (χ1) is 15.6. The van der Waals surface area contributed by atoms with Gasteiger partial charge in [-0.15, -0.1) is 0 Å². The standard InChI is InChI=1S/C27H29ClN3P/c28-32(27-19-11-4-12-20-27,21-29-24-13-5-1-6-14-24,22-30-25-15-7-2-8-16-25)23-31-26-17-9-3-10-18-26/h1-20,29-31H,21-23H2. The number of halogens is 1. The van der Waals surface area contributed by atoms with Crippen molar-refractivity contribution in [2.24, 2.45) is 0 Å². The molecule has 0 aromatic heterocycles. The van der Waals surface area contributed by atoms with E-state index in [2.05, 4.69) is 76.6 Å². The molecule has 0 spiro atoms. The van der Waals surface area contributed by atoms with Crippen LogP contribution in [-0.4, -0.2) is 18.9 Å². The average molecular weight is 462 g/mol. The number of para-hydroxylation sites is 3. The molecule has 0 bridgehead atoms. The molecular formula is C27H29ClN3P. The zero-order valence-electron chi connectivity index (χ0n) is 18.0. The molecule has 5 heteroatoms. The van der Waals surface area contributed by atoms with E-state index in [0.29, 0.717) is 18.9 Å². The van der Waals surface area contributed by atoms with Crippen LogP contribution in [0.1, 0.15) is 0 Å². The summed E-state index contributed by atoms with van der Waals surface area (Å²) in [4.78, 5) is 0. The van der Waals surface area contributed by atoms with E-state index in [1.54, 1.807) is 0 Å². The van der Waals surface area contributed by atoms with Crippen LogP contribution in [-0.2, 0) is 0 Å². The molecule has 0 aliphatic heterocycles. The molecule has 0 radical (unpaired) electrons. The summed E-state index contributed by atoms with van der Waals surface area (Å²) in [7, 11) is 0. The third kappa shape index (κ3) is 5.43. The van der Waals surface area contributed by atoms with Crippen molar-refractivity contribution in [3.8, 4) is 0 Å². The molecule has 3 N–H and O–H groups in total. The van der Waals surface area contributed by atoms with Gasteiger partial charge < -0.3 is 0 Å². The van der Waals surface area contributed by atoms with Crippen LogP contribution < -0.4 is 21.3 Å². The summed E-state index contributed by atoms with van der Waals surface area (Å²) >= 11 is 7.92. The molecule has 0 saturated heterocycles. The van der Waals surface area contributed by atoms with E-state index in [9.17, 15) is 0 Å². The Balaban J connectivity index is 1.70. The maximum atomic E-state index is 7.92. The summed E-state index contributed by atoms with van der Waals surface area (Å²) < 4.78 is 0. The van der Waals surface area contributed by atoms with Crippen molar-refractivity contribution < 1.29 is 0 Å². The Hall–Kier alpha value is -3.00. The second-order valence-electron chi connectivity index (χ2n) is 8.03. The molecule has 4 aromatic carbocycles. The van der Waals surface area contributed by atoms with Crippen LogP contribution in [0.2, 0.25) is 0 Å². The van der Waals surface area contributed by atoms with Gasteiger partial charge >= 0.3 is 196 Å². The first-order valence-electron chi connectivity index (χ1n) is 10.8. The van der Waals surface area contributed by atoms with Gasteiger partial charge in [0.2, 0.25) is 0 Å². The molecule has 0 heterocycles. The zero-order chi connectivity index (χ0) is 22.1. The topological polar surface area (TPSA) is 36.1 Å². The van der Waals surface area contributed by atoms with Gasteiger partial charge in [-0.1, -0.05) is 0 Å². The second-order valence-corrected chi connectivity index (χ2v) is 15.3. The van der Waals surface area contributed by atoms with E-state index >= 15 is 0 Å². The van der Waals surface area contributed by atoms with Crippen molar-refractivity contribution in [1.82, 2.24) is 0 Å². The van der Waals surface area contributed by atoms with E-state index in [1.165, 1.54) is 5.30 Å². The number of hydrogen-bond donors (Lipinski definition) is 3. The van der Waals surface area contributed by atoms with Gasteiger partial charge in [0, 0.05) is 0 Å². The minimum atomic E-state index is -3.09. The Kier molecular flexibility index (Phi) is 6.99. The molecule has 0 fully saturated rings. The molecule has 0 unspecified atom stereocenters. The number of hydrogen-bond acceptors (Lipinski definition) is 3. The number of anilines is 3. The molecule has 32 heavy (non-hydrogen) atoms. The number of benzene rings is 4. The Labute approximate surface area is 195 Å². The van der Waals surface area contributed by atoms with Crippen molar-refractivity contribution in [3.05, 3.63) is 121 Å².